The second-order valence-corrected chi connectivity index (χ2v) is 5.30. The van der Waals surface area contributed by atoms with Crippen molar-refractivity contribution in [1.82, 2.24) is 5.32 Å². The van der Waals surface area contributed by atoms with Crippen molar-refractivity contribution in [2.45, 2.75) is 57.9 Å². The van der Waals surface area contributed by atoms with E-state index in [0.29, 0.717) is 12.3 Å². The van der Waals surface area contributed by atoms with Crippen molar-refractivity contribution in [3.63, 3.8) is 0 Å². The van der Waals surface area contributed by atoms with Gasteiger partial charge in [0.1, 0.15) is 0 Å². The van der Waals surface area contributed by atoms with Gasteiger partial charge in [-0.25, -0.2) is 0 Å². The number of nitrogens with one attached hydrogen (secondary N) is 1. The molecule has 0 bridgehead atoms. The summed E-state index contributed by atoms with van der Waals surface area (Å²) in [5, 5.41) is 2.94. The summed E-state index contributed by atoms with van der Waals surface area (Å²) in [6.07, 6.45) is 6.12. The summed E-state index contributed by atoms with van der Waals surface area (Å²) in [5.74, 6) is 0.627. The van der Waals surface area contributed by atoms with Gasteiger partial charge in [-0.05, 0) is 18.8 Å². The molecule has 0 saturated heterocycles. The first-order valence-electron chi connectivity index (χ1n) is 6.07. The van der Waals surface area contributed by atoms with Crippen molar-refractivity contribution in [2.24, 2.45) is 11.7 Å². The first-order chi connectivity index (χ1) is 7.02. The Bertz CT molecular complexity index is 208. The highest BCUT2D eigenvalue weighted by molar-refractivity contribution is 5.77. The van der Waals surface area contributed by atoms with Gasteiger partial charge in [0.25, 0.3) is 0 Å². The summed E-state index contributed by atoms with van der Waals surface area (Å²) in [5.41, 5.74) is 5.98. The topological polar surface area (TPSA) is 55.1 Å². The lowest BCUT2D eigenvalue weighted by atomic mass is 9.80. The van der Waals surface area contributed by atoms with Gasteiger partial charge in [0, 0.05) is 18.5 Å². The highest BCUT2D eigenvalue weighted by Gasteiger charge is 2.29. The van der Waals surface area contributed by atoms with E-state index >= 15 is 0 Å². The van der Waals surface area contributed by atoms with Gasteiger partial charge in [-0.3, -0.25) is 4.79 Å². The van der Waals surface area contributed by atoms with Gasteiger partial charge in [-0.2, -0.15) is 0 Å². The van der Waals surface area contributed by atoms with E-state index in [1.807, 2.05) is 0 Å². The van der Waals surface area contributed by atoms with Gasteiger partial charge in [0.2, 0.25) is 5.91 Å². The Hall–Kier alpha value is -0.570. The van der Waals surface area contributed by atoms with E-state index in [1.165, 1.54) is 19.3 Å². The zero-order valence-electron chi connectivity index (χ0n) is 10.0. The summed E-state index contributed by atoms with van der Waals surface area (Å²) in [6, 6.07) is 0. The van der Waals surface area contributed by atoms with Crippen LogP contribution in [0.15, 0.2) is 0 Å². The number of rotatable bonds is 4. The predicted octanol–water partition coefficient (Wildman–Crippen LogP) is 1.81. The van der Waals surface area contributed by atoms with Crippen molar-refractivity contribution in [3.05, 3.63) is 0 Å². The molecule has 0 heterocycles. The molecule has 1 aliphatic carbocycles. The number of hydrogen-bond donors (Lipinski definition) is 2. The molecule has 0 aliphatic heterocycles. The molecule has 0 unspecified atom stereocenters. The fourth-order valence-corrected chi connectivity index (χ4v) is 2.13. The minimum atomic E-state index is -0.223. The standard InChI is InChI=1S/C12H24N2O/c1-10(2)9-14-11(15)8-12(13)6-4-3-5-7-12/h10H,3-9,13H2,1-2H3,(H,14,15). The second-order valence-electron chi connectivity index (χ2n) is 5.30. The molecule has 1 fully saturated rings. The van der Waals surface area contributed by atoms with Crippen LogP contribution in [0.1, 0.15) is 52.4 Å². The molecule has 1 rings (SSSR count). The predicted molar refractivity (Wildman–Crippen MR) is 62.5 cm³/mol. The van der Waals surface area contributed by atoms with Crippen LogP contribution in [0.25, 0.3) is 0 Å². The molecule has 0 spiro atoms. The average molecular weight is 212 g/mol. The van der Waals surface area contributed by atoms with Gasteiger partial charge >= 0.3 is 0 Å². The third-order valence-corrected chi connectivity index (χ3v) is 3.07. The lowest BCUT2D eigenvalue weighted by Crippen LogP contribution is -2.46. The van der Waals surface area contributed by atoms with E-state index in [4.69, 9.17) is 5.73 Å². The first-order valence-corrected chi connectivity index (χ1v) is 6.07. The van der Waals surface area contributed by atoms with Crippen LogP contribution in [-0.2, 0) is 4.79 Å². The van der Waals surface area contributed by atoms with Crippen LogP contribution in [-0.4, -0.2) is 18.0 Å². The Morgan fingerprint density at radius 3 is 2.47 bits per heavy atom. The summed E-state index contributed by atoms with van der Waals surface area (Å²) in [6.45, 7) is 4.95. The molecule has 15 heavy (non-hydrogen) atoms. The van der Waals surface area contributed by atoms with E-state index in [1.54, 1.807) is 0 Å². The molecule has 88 valence electrons. The van der Waals surface area contributed by atoms with Crippen LogP contribution in [0, 0.1) is 5.92 Å². The van der Waals surface area contributed by atoms with Gasteiger partial charge < -0.3 is 11.1 Å². The van der Waals surface area contributed by atoms with E-state index in [9.17, 15) is 4.79 Å². The lowest BCUT2D eigenvalue weighted by molar-refractivity contribution is -0.122. The van der Waals surface area contributed by atoms with Gasteiger partial charge in [0.05, 0.1) is 0 Å². The highest BCUT2D eigenvalue weighted by atomic mass is 16.1. The summed E-state index contributed by atoms with van der Waals surface area (Å²) in [4.78, 5) is 11.6. The minimum absolute atomic E-state index is 0.119. The Labute approximate surface area is 92.8 Å². The van der Waals surface area contributed by atoms with Crippen molar-refractivity contribution in [2.75, 3.05) is 6.54 Å². The van der Waals surface area contributed by atoms with Crippen LogP contribution < -0.4 is 11.1 Å². The normalized spacial score (nSPS) is 20.3. The largest absolute Gasteiger partial charge is 0.356 e. The molecule has 0 aromatic rings. The number of hydrogen-bond acceptors (Lipinski definition) is 2. The Morgan fingerprint density at radius 1 is 1.33 bits per heavy atom. The maximum Gasteiger partial charge on any atom is 0.221 e. The van der Waals surface area contributed by atoms with E-state index < -0.39 is 0 Å². The molecular formula is C12H24N2O. The number of nitrogens with two attached hydrogens (primary N) is 1. The van der Waals surface area contributed by atoms with Gasteiger partial charge in [-0.15, -0.1) is 0 Å². The molecule has 0 atom stereocenters. The number of carbonyl (C=O) groups excluding carboxylic acids is 1. The zero-order valence-corrected chi connectivity index (χ0v) is 10.0. The van der Waals surface area contributed by atoms with Crippen molar-refractivity contribution < 1.29 is 4.79 Å². The van der Waals surface area contributed by atoms with Crippen molar-refractivity contribution in [3.8, 4) is 0 Å². The third kappa shape index (κ3) is 4.65. The minimum Gasteiger partial charge on any atom is -0.356 e. The smallest absolute Gasteiger partial charge is 0.221 e. The van der Waals surface area contributed by atoms with Crippen LogP contribution >= 0.6 is 0 Å². The summed E-state index contributed by atoms with van der Waals surface area (Å²) < 4.78 is 0. The zero-order chi connectivity index (χ0) is 11.3. The Balaban J connectivity index is 2.29. The molecular weight excluding hydrogens is 188 g/mol. The number of amides is 1. The van der Waals surface area contributed by atoms with E-state index in [-0.39, 0.29) is 11.4 Å². The van der Waals surface area contributed by atoms with E-state index in [2.05, 4.69) is 19.2 Å². The van der Waals surface area contributed by atoms with Crippen LogP contribution in [0.4, 0.5) is 0 Å². The summed E-state index contributed by atoms with van der Waals surface area (Å²) >= 11 is 0. The van der Waals surface area contributed by atoms with Crippen LogP contribution in [0.2, 0.25) is 0 Å². The van der Waals surface area contributed by atoms with Gasteiger partial charge in [-0.1, -0.05) is 33.1 Å². The highest BCUT2D eigenvalue weighted by Crippen LogP contribution is 2.28. The summed E-state index contributed by atoms with van der Waals surface area (Å²) in [7, 11) is 0. The first kappa shape index (κ1) is 12.5. The fraction of sp³-hybridized carbons (Fsp3) is 0.917. The Kier molecular flexibility index (Phi) is 4.58. The van der Waals surface area contributed by atoms with Gasteiger partial charge in [0.15, 0.2) is 0 Å². The van der Waals surface area contributed by atoms with Crippen LogP contribution in [0.3, 0.4) is 0 Å². The van der Waals surface area contributed by atoms with Crippen molar-refractivity contribution in [1.29, 1.82) is 0 Å². The molecule has 3 heteroatoms. The van der Waals surface area contributed by atoms with E-state index in [0.717, 1.165) is 19.4 Å². The van der Waals surface area contributed by atoms with Crippen molar-refractivity contribution >= 4 is 5.91 Å². The molecule has 1 amide bonds. The molecule has 3 nitrogen and oxygen atoms in total. The SMILES string of the molecule is CC(C)CNC(=O)CC1(N)CCCCC1. The molecule has 3 N–H and O–H groups in total. The molecule has 1 saturated carbocycles. The maximum atomic E-state index is 11.6. The quantitative estimate of drug-likeness (QED) is 0.746. The average Bonchev–Trinajstić information content (AvgIpc) is 2.15. The molecule has 0 aromatic heterocycles. The lowest BCUT2D eigenvalue weighted by Gasteiger charge is -2.32. The third-order valence-electron chi connectivity index (χ3n) is 3.07. The Morgan fingerprint density at radius 2 is 1.93 bits per heavy atom. The second kappa shape index (κ2) is 5.50. The molecule has 0 radical (unpaired) electrons. The number of carbonyl (C=O) groups is 1. The van der Waals surface area contributed by atoms with Crippen LogP contribution in [0.5, 0.6) is 0 Å². The molecule has 0 aromatic carbocycles. The fourth-order valence-electron chi connectivity index (χ4n) is 2.13. The monoisotopic (exact) mass is 212 g/mol. The molecule has 1 aliphatic rings. The maximum absolute atomic E-state index is 11.6.